The predicted molar refractivity (Wildman–Crippen MR) is 119 cm³/mol. The molecule has 2 heterocycles. The molecule has 1 unspecified atom stereocenters. The summed E-state index contributed by atoms with van der Waals surface area (Å²) in [6.07, 6.45) is 2.52. The third kappa shape index (κ3) is 6.30. The molecule has 1 amide bonds. The van der Waals surface area contributed by atoms with Gasteiger partial charge in [0, 0.05) is 38.2 Å². The van der Waals surface area contributed by atoms with E-state index in [0.717, 1.165) is 57.2 Å². The zero-order chi connectivity index (χ0) is 19.1. The molecule has 1 aromatic carbocycles. The highest BCUT2D eigenvalue weighted by Crippen LogP contribution is 2.38. The maximum atomic E-state index is 12.9. The van der Waals surface area contributed by atoms with E-state index in [2.05, 4.69) is 27.4 Å². The van der Waals surface area contributed by atoms with E-state index in [1.54, 1.807) is 12.1 Å². The van der Waals surface area contributed by atoms with Crippen LogP contribution in [0.15, 0.2) is 29.3 Å². The molecular weight excluding hydrogens is 474 g/mol. The molecular formula is C20H30FIN4O2. The third-order valence-corrected chi connectivity index (χ3v) is 5.23. The van der Waals surface area contributed by atoms with E-state index in [9.17, 15) is 9.18 Å². The maximum absolute atomic E-state index is 12.9. The van der Waals surface area contributed by atoms with Gasteiger partial charge >= 0.3 is 0 Å². The molecule has 3 rings (SSSR count). The van der Waals surface area contributed by atoms with Gasteiger partial charge in [-0.25, -0.2) is 4.39 Å². The summed E-state index contributed by atoms with van der Waals surface area (Å²) in [6, 6.07) is 6.00. The van der Waals surface area contributed by atoms with E-state index in [0.29, 0.717) is 18.5 Å². The average molecular weight is 504 g/mol. The van der Waals surface area contributed by atoms with Gasteiger partial charge in [-0.3, -0.25) is 9.79 Å². The molecule has 6 nitrogen and oxygen atoms in total. The molecule has 2 aliphatic heterocycles. The van der Waals surface area contributed by atoms with Crippen LogP contribution in [0.3, 0.4) is 0 Å². The van der Waals surface area contributed by atoms with Gasteiger partial charge in [0.2, 0.25) is 5.91 Å². The van der Waals surface area contributed by atoms with Crippen LogP contribution in [-0.2, 0) is 16.0 Å². The number of nitrogens with one attached hydrogen (secondary N) is 2. The number of rotatable bonds is 6. The molecule has 8 heteroatoms. The van der Waals surface area contributed by atoms with Gasteiger partial charge in [0.05, 0.1) is 19.6 Å². The fraction of sp³-hybridized carbons (Fsp3) is 0.600. The van der Waals surface area contributed by atoms with Crippen LogP contribution in [0.5, 0.6) is 0 Å². The number of aliphatic imine (C=N–C) groups is 1. The van der Waals surface area contributed by atoms with Crippen molar-refractivity contribution in [3.63, 3.8) is 0 Å². The lowest BCUT2D eigenvalue weighted by molar-refractivity contribution is -0.120. The number of amides is 1. The monoisotopic (exact) mass is 504 g/mol. The molecule has 2 saturated heterocycles. The second kappa shape index (κ2) is 10.9. The van der Waals surface area contributed by atoms with Crippen LogP contribution in [0, 0.1) is 11.2 Å². The molecule has 2 fully saturated rings. The van der Waals surface area contributed by atoms with Crippen molar-refractivity contribution in [2.75, 3.05) is 45.9 Å². The predicted octanol–water partition coefficient (Wildman–Crippen LogP) is 2.18. The van der Waals surface area contributed by atoms with Crippen molar-refractivity contribution < 1.29 is 13.9 Å². The van der Waals surface area contributed by atoms with Crippen LogP contribution in [0.25, 0.3) is 0 Å². The zero-order valence-electron chi connectivity index (χ0n) is 16.4. The first kappa shape index (κ1) is 22.9. The highest BCUT2D eigenvalue weighted by molar-refractivity contribution is 14.0. The summed E-state index contributed by atoms with van der Waals surface area (Å²) in [6.45, 7) is 7.57. The van der Waals surface area contributed by atoms with Crippen molar-refractivity contribution in [1.82, 2.24) is 15.5 Å². The van der Waals surface area contributed by atoms with Crippen molar-refractivity contribution in [2.24, 2.45) is 10.4 Å². The normalized spacial score (nSPS) is 21.6. The van der Waals surface area contributed by atoms with Gasteiger partial charge in [0.1, 0.15) is 5.82 Å². The Morgan fingerprint density at radius 2 is 2.07 bits per heavy atom. The number of guanidine groups is 1. The number of hydrogen-bond acceptors (Lipinski definition) is 3. The Hall–Kier alpha value is -1.42. The van der Waals surface area contributed by atoms with Crippen LogP contribution in [-0.4, -0.2) is 62.7 Å². The van der Waals surface area contributed by atoms with Crippen molar-refractivity contribution in [1.29, 1.82) is 0 Å². The second-order valence-corrected chi connectivity index (χ2v) is 7.36. The molecule has 0 radical (unpaired) electrons. The smallest absolute Gasteiger partial charge is 0.224 e. The Bertz CT molecular complexity index is 663. The third-order valence-electron chi connectivity index (χ3n) is 5.23. The van der Waals surface area contributed by atoms with E-state index in [-0.39, 0.29) is 42.1 Å². The summed E-state index contributed by atoms with van der Waals surface area (Å²) in [7, 11) is 0. The lowest BCUT2D eigenvalue weighted by Crippen LogP contribution is -2.42. The molecule has 0 aliphatic carbocycles. The van der Waals surface area contributed by atoms with Crippen LogP contribution < -0.4 is 10.6 Å². The zero-order valence-corrected chi connectivity index (χ0v) is 18.7. The van der Waals surface area contributed by atoms with Gasteiger partial charge in [0.15, 0.2) is 5.96 Å². The molecule has 0 bridgehead atoms. The first-order chi connectivity index (χ1) is 13.1. The Morgan fingerprint density at radius 1 is 1.29 bits per heavy atom. The van der Waals surface area contributed by atoms with Gasteiger partial charge in [-0.1, -0.05) is 12.1 Å². The summed E-state index contributed by atoms with van der Waals surface area (Å²) in [5.41, 5.74) is 1.09. The van der Waals surface area contributed by atoms with E-state index in [4.69, 9.17) is 4.74 Å². The van der Waals surface area contributed by atoms with Gasteiger partial charge in [-0.05, 0) is 37.5 Å². The minimum absolute atomic E-state index is 0. The Labute approximate surface area is 183 Å². The lowest BCUT2D eigenvalue weighted by atomic mass is 9.87. The largest absolute Gasteiger partial charge is 0.381 e. The average Bonchev–Trinajstić information content (AvgIpc) is 3.30. The van der Waals surface area contributed by atoms with Gasteiger partial charge in [-0.2, -0.15) is 0 Å². The van der Waals surface area contributed by atoms with Crippen molar-refractivity contribution >= 4 is 35.8 Å². The minimum atomic E-state index is -0.294. The van der Waals surface area contributed by atoms with Crippen LogP contribution in [0.4, 0.5) is 4.39 Å². The number of benzene rings is 1. The fourth-order valence-corrected chi connectivity index (χ4v) is 3.72. The first-order valence-electron chi connectivity index (χ1n) is 9.72. The molecule has 2 N–H and O–H groups in total. The summed E-state index contributed by atoms with van der Waals surface area (Å²) in [4.78, 5) is 19.0. The molecule has 2 aliphatic rings. The summed E-state index contributed by atoms with van der Waals surface area (Å²) in [5, 5.41) is 6.23. The van der Waals surface area contributed by atoms with Crippen molar-refractivity contribution in [2.45, 2.75) is 26.2 Å². The summed E-state index contributed by atoms with van der Waals surface area (Å²) < 4.78 is 18.5. The van der Waals surface area contributed by atoms with Gasteiger partial charge in [0.25, 0.3) is 0 Å². The molecule has 1 aromatic rings. The van der Waals surface area contributed by atoms with Crippen LogP contribution in [0.2, 0.25) is 0 Å². The number of ether oxygens (including phenoxy) is 1. The van der Waals surface area contributed by atoms with Gasteiger partial charge < -0.3 is 20.3 Å². The quantitative estimate of drug-likeness (QED) is 0.270. The highest BCUT2D eigenvalue weighted by atomic mass is 127. The van der Waals surface area contributed by atoms with E-state index in [1.165, 1.54) is 12.1 Å². The molecule has 0 aromatic heterocycles. The number of hydrogen-bond donors (Lipinski definition) is 2. The SMILES string of the molecule is CCNC(=NCCNC(=O)Cc1ccc(F)cc1)N1CCC2(CCOC2)C1.I. The number of carbonyl (C=O) groups is 1. The van der Waals surface area contributed by atoms with E-state index >= 15 is 0 Å². The standard InChI is InChI=1S/C20H29FN4O2.HI/c1-2-22-19(25-11-7-20(14-25)8-12-27-15-20)24-10-9-23-18(26)13-16-3-5-17(21)6-4-16;/h3-6H,2,7-15H2,1H3,(H,22,24)(H,23,26);1H. The van der Waals surface area contributed by atoms with E-state index < -0.39 is 0 Å². The first-order valence-corrected chi connectivity index (χ1v) is 9.72. The maximum Gasteiger partial charge on any atom is 0.224 e. The number of halogens is 2. The molecule has 156 valence electrons. The Morgan fingerprint density at radius 3 is 2.75 bits per heavy atom. The minimum Gasteiger partial charge on any atom is -0.381 e. The van der Waals surface area contributed by atoms with Gasteiger partial charge in [-0.15, -0.1) is 24.0 Å². The second-order valence-electron chi connectivity index (χ2n) is 7.36. The molecule has 0 saturated carbocycles. The number of likely N-dealkylation sites (tertiary alicyclic amines) is 1. The highest BCUT2D eigenvalue weighted by Gasteiger charge is 2.42. The molecule has 1 atom stereocenters. The molecule has 28 heavy (non-hydrogen) atoms. The molecule has 1 spiro atoms. The van der Waals surface area contributed by atoms with Crippen molar-refractivity contribution in [3.8, 4) is 0 Å². The number of nitrogens with zero attached hydrogens (tertiary/aromatic N) is 2. The number of carbonyl (C=O) groups excluding carboxylic acids is 1. The fourth-order valence-electron chi connectivity index (χ4n) is 3.72. The Kier molecular flexibility index (Phi) is 8.94. The topological polar surface area (TPSA) is 66.0 Å². The van der Waals surface area contributed by atoms with E-state index in [1.807, 2.05) is 0 Å². The summed E-state index contributed by atoms with van der Waals surface area (Å²) >= 11 is 0. The van der Waals surface area contributed by atoms with Crippen LogP contribution >= 0.6 is 24.0 Å². The van der Waals surface area contributed by atoms with Crippen LogP contribution in [0.1, 0.15) is 25.3 Å². The van der Waals surface area contributed by atoms with Crippen molar-refractivity contribution in [3.05, 3.63) is 35.6 Å². The summed E-state index contributed by atoms with van der Waals surface area (Å²) in [5.74, 6) is 0.538. The lowest BCUT2D eigenvalue weighted by Gasteiger charge is -2.25. The Balaban J connectivity index is 0.00000280.